The number of sulfonamides is 1. The first-order chi connectivity index (χ1) is 9.16. The molecule has 19 heavy (non-hydrogen) atoms. The molecule has 1 N–H and O–H groups in total. The minimum absolute atomic E-state index is 0.0633. The fourth-order valence-electron chi connectivity index (χ4n) is 1.59. The van der Waals surface area contributed by atoms with E-state index in [4.69, 9.17) is 5.11 Å². The van der Waals surface area contributed by atoms with Crippen molar-refractivity contribution in [1.82, 2.24) is 4.98 Å². The van der Waals surface area contributed by atoms with E-state index < -0.39 is 10.0 Å². The third kappa shape index (κ3) is 3.12. The van der Waals surface area contributed by atoms with Gasteiger partial charge in [0.15, 0.2) is 5.13 Å². The zero-order chi connectivity index (χ0) is 13.7. The standard InChI is InChI=1S/C12H14N2O3S2/c15-9-4-8-14(12-13-7-10-18-12)19(16,17)11-5-2-1-3-6-11/h1-3,5-7,10,15H,4,8-9H2. The van der Waals surface area contributed by atoms with Gasteiger partial charge in [-0.05, 0) is 18.6 Å². The van der Waals surface area contributed by atoms with Gasteiger partial charge in [-0.1, -0.05) is 18.2 Å². The van der Waals surface area contributed by atoms with Crippen LogP contribution in [-0.4, -0.2) is 31.7 Å². The van der Waals surface area contributed by atoms with Crippen LogP contribution in [0.5, 0.6) is 0 Å². The number of rotatable bonds is 6. The van der Waals surface area contributed by atoms with Crippen LogP contribution in [0.4, 0.5) is 5.13 Å². The molecule has 0 radical (unpaired) electrons. The lowest BCUT2D eigenvalue weighted by Gasteiger charge is -2.21. The second kappa shape index (κ2) is 6.14. The van der Waals surface area contributed by atoms with E-state index in [-0.39, 0.29) is 18.0 Å². The van der Waals surface area contributed by atoms with E-state index in [2.05, 4.69) is 4.98 Å². The van der Waals surface area contributed by atoms with Gasteiger partial charge in [0, 0.05) is 24.7 Å². The molecule has 0 fully saturated rings. The number of nitrogens with zero attached hydrogens (tertiary/aromatic N) is 2. The highest BCUT2D eigenvalue weighted by Gasteiger charge is 2.25. The molecule has 0 unspecified atom stereocenters. The molecule has 1 aromatic carbocycles. The van der Waals surface area contributed by atoms with E-state index in [1.165, 1.54) is 15.6 Å². The first-order valence-corrected chi connectivity index (χ1v) is 8.06. The van der Waals surface area contributed by atoms with Crippen LogP contribution in [0.2, 0.25) is 0 Å². The topological polar surface area (TPSA) is 70.5 Å². The third-order valence-corrected chi connectivity index (χ3v) is 5.20. The number of thiazole rings is 1. The summed E-state index contributed by atoms with van der Waals surface area (Å²) in [5, 5.41) is 11.0. The fourth-order valence-corrected chi connectivity index (χ4v) is 3.97. The monoisotopic (exact) mass is 298 g/mol. The molecule has 0 bridgehead atoms. The molecule has 0 saturated heterocycles. The van der Waals surface area contributed by atoms with Crippen molar-refractivity contribution in [3.8, 4) is 0 Å². The van der Waals surface area contributed by atoms with Gasteiger partial charge in [-0.2, -0.15) is 0 Å². The quantitative estimate of drug-likeness (QED) is 0.881. The predicted octanol–water partition coefficient (Wildman–Crippen LogP) is 1.72. The molecule has 5 nitrogen and oxygen atoms in total. The lowest BCUT2D eigenvalue weighted by Crippen LogP contribution is -2.32. The van der Waals surface area contributed by atoms with Gasteiger partial charge >= 0.3 is 0 Å². The molecule has 102 valence electrons. The molecule has 0 aliphatic carbocycles. The molecule has 1 aromatic heterocycles. The zero-order valence-corrected chi connectivity index (χ0v) is 11.8. The van der Waals surface area contributed by atoms with Crippen LogP contribution in [0, 0.1) is 0 Å². The van der Waals surface area contributed by atoms with Crippen LogP contribution in [0.1, 0.15) is 6.42 Å². The summed E-state index contributed by atoms with van der Waals surface area (Å²) in [5.74, 6) is 0. The van der Waals surface area contributed by atoms with Gasteiger partial charge in [-0.25, -0.2) is 17.7 Å². The van der Waals surface area contributed by atoms with Crippen LogP contribution in [0.25, 0.3) is 0 Å². The molecule has 0 saturated carbocycles. The van der Waals surface area contributed by atoms with Crippen molar-refractivity contribution in [3.05, 3.63) is 41.9 Å². The summed E-state index contributed by atoms with van der Waals surface area (Å²) < 4.78 is 26.3. The Morgan fingerprint density at radius 2 is 2.00 bits per heavy atom. The first kappa shape index (κ1) is 14.0. The smallest absolute Gasteiger partial charge is 0.266 e. The number of aliphatic hydroxyl groups is 1. The van der Waals surface area contributed by atoms with E-state index in [1.807, 2.05) is 0 Å². The summed E-state index contributed by atoms with van der Waals surface area (Å²) in [4.78, 5) is 4.27. The second-order valence-corrected chi connectivity index (χ2v) is 6.52. The van der Waals surface area contributed by atoms with Crippen molar-refractivity contribution >= 4 is 26.5 Å². The van der Waals surface area contributed by atoms with Crippen LogP contribution in [-0.2, 0) is 10.0 Å². The molecule has 0 atom stereocenters. The van der Waals surface area contributed by atoms with E-state index in [0.717, 1.165) is 0 Å². The summed E-state index contributed by atoms with van der Waals surface area (Å²) >= 11 is 1.26. The molecule has 2 rings (SSSR count). The van der Waals surface area contributed by atoms with E-state index >= 15 is 0 Å². The summed E-state index contributed by atoms with van der Waals surface area (Å²) in [6.45, 7) is 0.146. The van der Waals surface area contributed by atoms with E-state index in [1.54, 1.807) is 41.9 Å². The van der Waals surface area contributed by atoms with Gasteiger partial charge in [0.25, 0.3) is 10.0 Å². The number of aliphatic hydroxyl groups excluding tert-OH is 1. The summed E-state index contributed by atoms with van der Waals surface area (Å²) in [6, 6.07) is 8.22. The molecular weight excluding hydrogens is 284 g/mol. The molecule has 0 aliphatic rings. The van der Waals surface area contributed by atoms with Crippen molar-refractivity contribution in [2.75, 3.05) is 17.5 Å². The van der Waals surface area contributed by atoms with Crippen molar-refractivity contribution in [1.29, 1.82) is 0 Å². The molecule has 7 heteroatoms. The first-order valence-electron chi connectivity index (χ1n) is 5.74. The molecule has 0 spiro atoms. The summed E-state index contributed by atoms with van der Waals surface area (Å²) in [7, 11) is -3.63. The van der Waals surface area contributed by atoms with Crippen molar-refractivity contribution in [2.24, 2.45) is 0 Å². The Balaban J connectivity index is 2.38. The second-order valence-electron chi connectivity index (χ2n) is 3.78. The van der Waals surface area contributed by atoms with E-state index in [0.29, 0.717) is 11.6 Å². The third-order valence-electron chi connectivity index (χ3n) is 2.48. The maximum absolute atomic E-state index is 12.5. The largest absolute Gasteiger partial charge is 0.396 e. The Labute approximate surface area is 116 Å². The van der Waals surface area contributed by atoms with Crippen LogP contribution in [0.3, 0.4) is 0 Å². The molecule has 2 aromatic rings. The number of hydrogen-bond acceptors (Lipinski definition) is 5. The lowest BCUT2D eigenvalue weighted by molar-refractivity contribution is 0.291. The SMILES string of the molecule is O=S(=O)(c1ccccc1)N(CCCO)c1nccs1. The van der Waals surface area contributed by atoms with E-state index in [9.17, 15) is 8.42 Å². The highest BCUT2D eigenvalue weighted by atomic mass is 32.2. The molecule has 1 heterocycles. The van der Waals surface area contributed by atoms with Crippen LogP contribution >= 0.6 is 11.3 Å². The minimum Gasteiger partial charge on any atom is -0.396 e. The molecular formula is C12H14N2O3S2. The predicted molar refractivity (Wildman–Crippen MR) is 74.8 cm³/mol. The van der Waals surface area contributed by atoms with Gasteiger partial charge in [-0.15, -0.1) is 11.3 Å². The lowest BCUT2D eigenvalue weighted by atomic mass is 10.4. The Morgan fingerprint density at radius 3 is 2.58 bits per heavy atom. The fraction of sp³-hybridized carbons (Fsp3) is 0.250. The van der Waals surface area contributed by atoms with Crippen LogP contribution in [0.15, 0.2) is 46.8 Å². The van der Waals surface area contributed by atoms with Crippen molar-refractivity contribution in [2.45, 2.75) is 11.3 Å². The van der Waals surface area contributed by atoms with Gasteiger partial charge in [0.2, 0.25) is 0 Å². The van der Waals surface area contributed by atoms with Gasteiger partial charge in [0.1, 0.15) is 0 Å². The number of benzene rings is 1. The van der Waals surface area contributed by atoms with Crippen molar-refractivity contribution < 1.29 is 13.5 Å². The summed E-state index contributed by atoms with van der Waals surface area (Å²) in [5.41, 5.74) is 0. The van der Waals surface area contributed by atoms with Crippen LogP contribution < -0.4 is 4.31 Å². The average Bonchev–Trinajstić information content (AvgIpc) is 2.94. The zero-order valence-electron chi connectivity index (χ0n) is 10.1. The van der Waals surface area contributed by atoms with Gasteiger partial charge in [0.05, 0.1) is 4.90 Å². The maximum Gasteiger partial charge on any atom is 0.266 e. The average molecular weight is 298 g/mol. The Kier molecular flexibility index (Phi) is 4.52. The minimum atomic E-state index is -3.63. The number of hydrogen-bond donors (Lipinski definition) is 1. The van der Waals surface area contributed by atoms with Gasteiger partial charge < -0.3 is 5.11 Å². The number of aromatic nitrogens is 1. The normalized spacial score (nSPS) is 11.4. The Bertz CT molecular complexity index is 597. The molecule has 0 aliphatic heterocycles. The Hall–Kier alpha value is -1.44. The van der Waals surface area contributed by atoms with Gasteiger partial charge in [-0.3, -0.25) is 0 Å². The highest BCUT2D eigenvalue weighted by molar-refractivity contribution is 7.93. The Morgan fingerprint density at radius 1 is 1.26 bits per heavy atom. The summed E-state index contributed by atoms with van der Waals surface area (Å²) in [6.07, 6.45) is 1.93. The molecule has 0 amide bonds. The number of anilines is 1. The van der Waals surface area contributed by atoms with Crippen molar-refractivity contribution in [3.63, 3.8) is 0 Å². The highest BCUT2D eigenvalue weighted by Crippen LogP contribution is 2.25. The maximum atomic E-state index is 12.5.